The van der Waals surface area contributed by atoms with Crippen LogP contribution in [0, 0.1) is 11.6 Å². The van der Waals surface area contributed by atoms with Gasteiger partial charge in [0.25, 0.3) is 0 Å². The number of hydrogen-bond donors (Lipinski definition) is 0. The van der Waals surface area contributed by atoms with E-state index in [1.807, 2.05) is 0 Å². The summed E-state index contributed by atoms with van der Waals surface area (Å²) in [4.78, 5) is 7.74. The van der Waals surface area contributed by atoms with Crippen LogP contribution < -0.4 is 0 Å². The van der Waals surface area contributed by atoms with Gasteiger partial charge in [-0.3, -0.25) is 0 Å². The molecule has 1 aromatic carbocycles. The molecule has 0 N–H and O–H groups in total. The van der Waals surface area contributed by atoms with E-state index in [0.717, 1.165) is 11.8 Å². The Morgan fingerprint density at radius 1 is 1.07 bits per heavy atom. The van der Waals surface area contributed by atoms with Crippen molar-refractivity contribution in [2.75, 3.05) is 0 Å². The highest BCUT2D eigenvalue weighted by atomic mass is 19.1. The second-order valence-corrected chi connectivity index (χ2v) is 3.16. The first kappa shape index (κ1) is 9.71. The Kier molecular flexibility index (Phi) is 2.67. The molecule has 15 heavy (non-hydrogen) atoms. The zero-order chi connectivity index (χ0) is 10.7. The Balaban J connectivity index is 2.25. The van der Waals surface area contributed by atoms with Crippen molar-refractivity contribution in [3.63, 3.8) is 0 Å². The maximum absolute atomic E-state index is 12.9. The van der Waals surface area contributed by atoms with Gasteiger partial charge in [0.1, 0.15) is 18.0 Å². The topological polar surface area (TPSA) is 25.8 Å². The standard InChI is InChI=1S/C11H8F2N2/c12-9-3-8(4-10(13)6-9)5-11-1-2-14-7-15-11/h1-4,6-7H,5H2. The second-order valence-electron chi connectivity index (χ2n) is 3.16. The Morgan fingerprint density at radius 3 is 2.40 bits per heavy atom. The fourth-order valence-electron chi connectivity index (χ4n) is 1.34. The minimum atomic E-state index is -0.570. The van der Waals surface area contributed by atoms with Crippen molar-refractivity contribution in [2.24, 2.45) is 0 Å². The summed E-state index contributed by atoms with van der Waals surface area (Å²) in [7, 11) is 0. The first-order valence-corrected chi connectivity index (χ1v) is 4.44. The number of rotatable bonds is 2. The van der Waals surface area contributed by atoms with Gasteiger partial charge < -0.3 is 0 Å². The molecule has 0 radical (unpaired) electrons. The van der Waals surface area contributed by atoms with Crippen LogP contribution in [0.25, 0.3) is 0 Å². The lowest BCUT2D eigenvalue weighted by atomic mass is 10.1. The largest absolute Gasteiger partial charge is 0.245 e. The van der Waals surface area contributed by atoms with Gasteiger partial charge in [-0.15, -0.1) is 0 Å². The minimum absolute atomic E-state index is 0.400. The summed E-state index contributed by atoms with van der Waals surface area (Å²) in [5.41, 5.74) is 1.29. The monoisotopic (exact) mass is 206 g/mol. The fourth-order valence-corrected chi connectivity index (χ4v) is 1.34. The molecule has 0 atom stereocenters. The third-order valence-electron chi connectivity index (χ3n) is 1.95. The van der Waals surface area contributed by atoms with Crippen molar-refractivity contribution >= 4 is 0 Å². The van der Waals surface area contributed by atoms with E-state index in [1.54, 1.807) is 12.3 Å². The van der Waals surface area contributed by atoms with E-state index < -0.39 is 11.6 Å². The van der Waals surface area contributed by atoms with E-state index in [2.05, 4.69) is 9.97 Å². The zero-order valence-electron chi connectivity index (χ0n) is 7.82. The molecule has 1 heterocycles. The van der Waals surface area contributed by atoms with Gasteiger partial charge in [0.15, 0.2) is 0 Å². The fraction of sp³-hybridized carbons (Fsp3) is 0.0909. The summed E-state index contributed by atoms with van der Waals surface area (Å²) in [6.07, 6.45) is 3.40. The molecule has 0 amide bonds. The predicted octanol–water partition coefficient (Wildman–Crippen LogP) is 2.35. The molecule has 0 unspecified atom stereocenters. The van der Waals surface area contributed by atoms with Gasteiger partial charge in [0.2, 0.25) is 0 Å². The molecule has 2 aromatic rings. The number of hydrogen-bond acceptors (Lipinski definition) is 2. The van der Waals surface area contributed by atoms with Crippen molar-refractivity contribution in [3.8, 4) is 0 Å². The molecule has 2 rings (SSSR count). The Hall–Kier alpha value is -1.84. The summed E-state index contributed by atoms with van der Waals surface area (Å²) in [6, 6.07) is 5.16. The molecule has 2 nitrogen and oxygen atoms in total. The molecule has 4 heteroatoms. The smallest absolute Gasteiger partial charge is 0.126 e. The first-order chi connectivity index (χ1) is 7.24. The third kappa shape index (κ3) is 2.56. The molecule has 0 aliphatic rings. The number of halogens is 2. The number of nitrogens with zero attached hydrogens (tertiary/aromatic N) is 2. The van der Waals surface area contributed by atoms with Crippen LogP contribution in [0.3, 0.4) is 0 Å². The lowest BCUT2D eigenvalue weighted by molar-refractivity contribution is 0.580. The van der Waals surface area contributed by atoms with Crippen LogP contribution in [-0.2, 0) is 6.42 Å². The Labute approximate surface area is 85.6 Å². The van der Waals surface area contributed by atoms with Crippen molar-refractivity contribution in [1.29, 1.82) is 0 Å². The average molecular weight is 206 g/mol. The summed E-state index contributed by atoms with van der Waals surface area (Å²) in [5, 5.41) is 0. The highest BCUT2D eigenvalue weighted by Gasteiger charge is 2.02. The molecule has 0 saturated heterocycles. The number of aromatic nitrogens is 2. The van der Waals surface area contributed by atoms with Gasteiger partial charge in [-0.2, -0.15) is 0 Å². The van der Waals surface area contributed by atoms with Crippen LogP contribution in [0.1, 0.15) is 11.3 Å². The van der Waals surface area contributed by atoms with Gasteiger partial charge in [-0.1, -0.05) is 0 Å². The lowest BCUT2D eigenvalue weighted by Gasteiger charge is -2.01. The molecule has 0 saturated carbocycles. The van der Waals surface area contributed by atoms with Crippen LogP contribution >= 0.6 is 0 Å². The van der Waals surface area contributed by atoms with Crippen molar-refractivity contribution in [1.82, 2.24) is 9.97 Å². The third-order valence-corrected chi connectivity index (χ3v) is 1.95. The Bertz CT molecular complexity index is 437. The van der Waals surface area contributed by atoms with Gasteiger partial charge >= 0.3 is 0 Å². The molecular weight excluding hydrogens is 198 g/mol. The van der Waals surface area contributed by atoms with Gasteiger partial charge in [0, 0.05) is 24.4 Å². The van der Waals surface area contributed by atoms with Crippen LogP contribution in [-0.4, -0.2) is 9.97 Å². The van der Waals surface area contributed by atoms with E-state index in [-0.39, 0.29) is 0 Å². The predicted molar refractivity (Wildman–Crippen MR) is 51.2 cm³/mol. The summed E-state index contributed by atoms with van der Waals surface area (Å²) in [5.74, 6) is -1.14. The van der Waals surface area contributed by atoms with E-state index in [1.165, 1.54) is 18.5 Å². The van der Waals surface area contributed by atoms with Crippen LogP contribution in [0.2, 0.25) is 0 Å². The maximum atomic E-state index is 12.9. The van der Waals surface area contributed by atoms with Crippen molar-refractivity contribution < 1.29 is 8.78 Å². The Morgan fingerprint density at radius 2 is 1.80 bits per heavy atom. The van der Waals surface area contributed by atoms with Crippen LogP contribution in [0.5, 0.6) is 0 Å². The molecule has 1 aromatic heterocycles. The number of benzene rings is 1. The molecule has 0 aliphatic carbocycles. The quantitative estimate of drug-likeness (QED) is 0.753. The highest BCUT2D eigenvalue weighted by molar-refractivity contribution is 5.22. The van der Waals surface area contributed by atoms with Crippen molar-refractivity contribution in [2.45, 2.75) is 6.42 Å². The maximum Gasteiger partial charge on any atom is 0.126 e. The van der Waals surface area contributed by atoms with Gasteiger partial charge in [-0.25, -0.2) is 18.7 Å². The van der Waals surface area contributed by atoms with Gasteiger partial charge in [0.05, 0.1) is 0 Å². The molecule has 76 valence electrons. The highest BCUT2D eigenvalue weighted by Crippen LogP contribution is 2.11. The van der Waals surface area contributed by atoms with Gasteiger partial charge in [-0.05, 0) is 23.8 Å². The molecule has 0 bridgehead atoms. The lowest BCUT2D eigenvalue weighted by Crippen LogP contribution is -1.94. The average Bonchev–Trinajstić information content (AvgIpc) is 2.17. The van der Waals surface area contributed by atoms with E-state index >= 15 is 0 Å². The molecule has 0 fully saturated rings. The second kappa shape index (κ2) is 4.13. The SMILES string of the molecule is Fc1cc(F)cc(Cc2ccncn2)c1. The summed E-state index contributed by atoms with van der Waals surface area (Å²) < 4.78 is 25.7. The molecular formula is C11H8F2N2. The first-order valence-electron chi connectivity index (χ1n) is 4.44. The summed E-state index contributed by atoms with van der Waals surface area (Å²) in [6.45, 7) is 0. The molecule has 0 aliphatic heterocycles. The van der Waals surface area contributed by atoms with Crippen molar-refractivity contribution in [3.05, 3.63) is 59.7 Å². The van der Waals surface area contributed by atoms with Crippen LogP contribution in [0.15, 0.2) is 36.8 Å². The minimum Gasteiger partial charge on any atom is -0.245 e. The normalized spacial score (nSPS) is 10.3. The zero-order valence-corrected chi connectivity index (χ0v) is 7.82. The van der Waals surface area contributed by atoms with Crippen LogP contribution in [0.4, 0.5) is 8.78 Å². The van der Waals surface area contributed by atoms with E-state index in [9.17, 15) is 8.78 Å². The summed E-state index contributed by atoms with van der Waals surface area (Å²) >= 11 is 0. The molecule has 0 spiro atoms. The van der Waals surface area contributed by atoms with E-state index in [0.29, 0.717) is 12.0 Å². The van der Waals surface area contributed by atoms with E-state index in [4.69, 9.17) is 0 Å².